The van der Waals surface area contributed by atoms with Crippen molar-refractivity contribution < 1.29 is 18.0 Å². The highest BCUT2D eigenvalue weighted by Crippen LogP contribution is 2.34. The number of amides is 1. The van der Waals surface area contributed by atoms with E-state index in [1.54, 1.807) is 24.3 Å². The van der Waals surface area contributed by atoms with Gasteiger partial charge in [0.2, 0.25) is 5.91 Å². The van der Waals surface area contributed by atoms with Crippen LogP contribution >= 0.6 is 11.6 Å². The molecule has 0 saturated heterocycles. The number of hydrogen-bond acceptors (Lipinski definition) is 3. The van der Waals surface area contributed by atoms with E-state index in [0.29, 0.717) is 5.69 Å². The molecular weight excluding hydrogens is 407 g/mol. The monoisotopic (exact) mass is 421 g/mol. The van der Waals surface area contributed by atoms with Crippen LogP contribution in [0, 0.1) is 0 Å². The summed E-state index contributed by atoms with van der Waals surface area (Å²) in [6.45, 7) is 1.42. The van der Waals surface area contributed by atoms with Crippen molar-refractivity contribution in [1.82, 2.24) is 9.78 Å². The minimum atomic E-state index is -4.59. The van der Waals surface area contributed by atoms with Gasteiger partial charge in [0.05, 0.1) is 22.0 Å². The van der Waals surface area contributed by atoms with Crippen LogP contribution in [0.5, 0.6) is 0 Å². The molecule has 0 radical (unpaired) electrons. The summed E-state index contributed by atoms with van der Waals surface area (Å²) in [6.07, 6.45) is -4.59. The van der Waals surface area contributed by atoms with Gasteiger partial charge < -0.3 is 5.32 Å². The molecule has 2 aromatic carbocycles. The smallest absolute Gasteiger partial charge is 0.323 e. The first kappa shape index (κ1) is 20.6. The van der Waals surface area contributed by atoms with Crippen molar-refractivity contribution in [2.75, 3.05) is 5.32 Å². The molecule has 1 amide bonds. The molecule has 0 aliphatic heterocycles. The van der Waals surface area contributed by atoms with E-state index in [9.17, 15) is 22.8 Å². The van der Waals surface area contributed by atoms with Crippen molar-refractivity contribution >= 4 is 23.2 Å². The Balaban J connectivity index is 1.89. The summed E-state index contributed by atoms with van der Waals surface area (Å²) < 4.78 is 39.7. The summed E-state index contributed by atoms with van der Waals surface area (Å²) in [4.78, 5) is 24.8. The van der Waals surface area contributed by atoms with Gasteiger partial charge >= 0.3 is 6.18 Å². The zero-order chi connectivity index (χ0) is 21.2. The van der Waals surface area contributed by atoms with E-state index in [0.717, 1.165) is 28.4 Å². The first-order chi connectivity index (χ1) is 13.7. The Hall–Kier alpha value is -3.13. The molecule has 1 unspecified atom stereocenters. The highest BCUT2D eigenvalue weighted by atomic mass is 35.5. The maximum atomic E-state index is 12.9. The Kier molecular flexibility index (Phi) is 5.74. The first-order valence-corrected chi connectivity index (χ1v) is 8.87. The number of anilines is 1. The van der Waals surface area contributed by atoms with Crippen LogP contribution in [0.4, 0.5) is 18.9 Å². The zero-order valence-corrected chi connectivity index (χ0v) is 15.8. The lowest BCUT2D eigenvalue weighted by molar-refractivity contribution is -0.137. The maximum absolute atomic E-state index is 12.9. The molecule has 29 heavy (non-hydrogen) atoms. The molecule has 3 rings (SSSR count). The summed E-state index contributed by atoms with van der Waals surface area (Å²) in [7, 11) is 0. The molecule has 3 aromatic rings. The van der Waals surface area contributed by atoms with Gasteiger partial charge in [-0.05, 0) is 31.2 Å². The number of alkyl halides is 3. The molecule has 1 aromatic heterocycles. The normalized spacial score (nSPS) is 12.4. The predicted molar refractivity (Wildman–Crippen MR) is 104 cm³/mol. The summed E-state index contributed by atoms with van der Waals surface area (Å²) in [5, 5.41) is 6.49. The van der Waals surface area contributed by atoms with Gasteiger partial charge in [-0.3, -0.25) is 9.59 Å². The van der Waals surface area contributed by atoms with Gasteiger partial charge in [-0.15, -0.1) is 0 Å². The second kappa shape index (κ2) is 8.08. The fraction of sp³-hybridized carbons (Fsp3) is 0.150. The molecule has 0 spiro atoms. The van der Waals surface area contributed by atoms with Crippen LogP contribution in [0.15, 0.2) is 65.5 Å². The van der Waals surface area contributed by atoms with Gasteiger partial charge in [-0.2, -0.15) is 18.3 Å². The minimum absolute atomic E-state index is 0.0584. The summed E-state index contributed by atoms with van der Waals surface area (Å²) >= 11 is 5.91. The molecule has 0 aliphatic carbocycles. The molecule has 0 fully saturated rings. The Morgan fingerprint density at radius 1 is 1.10 bits per heavy atom. The number of rotatable bonds is 4. The average molecular weight is 422 g/mol. The number of carbonyl (C=O) groups excluding carboxylic acids is 1. The molecule has 0 saturated carbocycles. The van der Waals surface area contributed by atoms with E-state index in [1.807, 2.05) is 6.07 Å². The third-order valence-electron chi connectivity index (χ3n) is 4.19. The third kappa shape index (κ3) is 4.65. The van der Waals surface area contributed by atoms with Crippen LogP contribution < -0.4 is 10.9 Å². The van der Waals surface area contributed by atoms with Crippen molar-refractivity contribution in [2.45, 2.75) is 19.1 Å². The van der Waals surface area contributed by atoms with Gasteiger partial charge in [-0.25, -0.2) is 4.68 Å². The molecule has 9 heteroatoms. The molecular formula is C20H15ClF3N3O2. The molecule has 1 N–H and O–H groups in total. The Morgan fingerprint density at radius 3 is 2.45 bits per heavy atom. The van der Waals surface area contributed by atoms with Gasteiger partial charge in [0.15, 0.2) is 0 Å². The summed E-state index contributed by atoms with van der Waals surface area (Å²) in [5.41, 5.74) is -0.462. The van der Waals surface area contributed by atoms with E-state index in [-0.39, 0.29) is 10.7 Å². The predicted octanol–water partition coefficient (Wildman–Crippen LogP) is 4.78. The Bertz CT molecular complexity index is 1100. The van der Waals surface area contributed by atoms with Crippen molar-refractivity contribution in [3.63, 3.8) is 0 Å². The van der Waals surface area contributed by atoms with E-state index in [1.165, 1.54) is 19.1 Å². The Morgan fingerprint density at radius 2 is 1.79 bits per heavy atom. The topological polar surface area (TPSA) is 64.0 Å². The molecule has 5 nitrogen and oxygen atoms in total. The van der Waals surface area contributed by atoms with E-state index in [2.05, 4.69) is 10.4 Å². The molecule has 0 aliphatic rings. The zero-order valence-electron chi connectivity index (χ0n) is 15.1. The van der Waals surface area contributed by atoms with Crippen LogP contribution in [-0.4, -0.2) is 15.7 Å². The van der Waals surface area contributed by atoms with Gasteiger partial charge in [0.1, 0.15) is 6.04 Å². The standard InChI is InChI=1S/C20H15ClF3N3O2/c1-12(19(29)25-17-11-14(20(22,23)24)7-8-15(17)21)27-18(28)10-9-16(26-27)13-5-3-2-4-6-13/h2-12H,1H3,(H,25,29). The second-order valence-corrected chi connectivity index (χ2v) is 6.63. The van der Waals surface area contributed by atoms with Crippen molar-refractivity contribution in [3.05, 3.63) is 81.6 Å². The fourth-order valence-corrected chi connectivity index (χ4v) is 2.78. The van der Waals surface area contributed by atoms with Gasteiger partial charge in [0, 0.05) is 11.6 Å². The highest BCUT2D eigenvalue weighted by Gasteiger charge is 2.31. The highest BCUT2D eigenvalue weighted by molar-refractivity contribution is 6.33. The lowest BCUT2D eigenvalue weighted by Crippen LogP contribution is -2.33. The molecule has 1 heterocycles. The molecule has 150 valence electrons. The molecule has 1 atom stereocenters. The third-order valence-corrected chi connectivity index (χ3v) is 4.52. The minimum Gasteiger partial charge on any atom is -0.323 e. The van der Waals surface area contributed by atoms with Crippen LogP contribution in [0.25, 0.3) is 11.3 Å². The fourth-order valence-electron chi connectivity index (χ4n) is 2.61. The number of nitrogens with zero attached hydrogens (tertiary/aromatic N) is 2. The van der Waals surface area contributed by atoms with E-state index in [4.69, 9.17) is 11.6 Å². The SMILES string of the molecule is CC(C(=O)Nc1cc(C(F)(F)F)ccc1Cl)n1nc(-c2ccccc2)ccc1=O. The number of nitrogens with one attached hydrogen (secondary N) is 1. The number of carbonyl (C=O) groups is 1. The van der Waals surface area contributed by atoms with Crippen LogP contribution in [0.1, 0.15) is 18.5 Å². The van der Waals surface area contributed by atoms with Crippen molar-refractivity contribution in [2.24, 2.45) is 0 Å². The number of halogens is 4. The lowest BCUT2D eigenvalue weighted by atomic mass is 10.1. The maximum Gasteiger partial charge on any atom is 0.416 e. The van der Waals surface area contributed by atoms with Crippen LogP contribution in [0.3, 0.4) is 0 Å². The largest absolute Gasteiger partial charge is 0.416 e. The summed E-state index contributed by atoms with van der Waals surface area (Å²) in [6, 6.07) is 13.3. The van der Waals surface area contributed by atoms with Gasteiger partial charge in [-0.1, -0.05) is 41.9 Å². The van der Waals surface area contributed by atoms with Gasteiger partial charge in [0.25, 0.3) is 5.56 Å². The van der Waals surface area contributed by atoms with Crippen molar-refractivity contribution in [3.8, 4) is 11.3 Å². The first-order valence-electron chi connectivity index (χ1n) is 8.50. The van der Waals surface area contributed by atoms with E-state index >= 15 is 0 Å². The second-order valence-electron chi connectivity index (χ2n) is 6.23. The van der Waals surface area contributed by atoms with Crippen molar-refractivity contribution in [1.29, 1.82) is 0 Å². The Labute approximate surface area is 168 Å². The van der Waals surface area contributed by atoms with Crippen LogP contribution in [0.2, 0.25) is 5.02 Å². The lowest BCUT2D eigenvalue weighted by Gasteiger charge is -2.16. The van der Waals surface area contributed by atoms with Crippen LogP contribution in [-0.2, 0) is 11.0 Å². The summed E-state index contributed by atoms with van der Waals surface area (Å²) in [5.74, 6) is -0.731. The van der Waals surface area contributed by atoms with E-state index < -0.39 is 29.2 Å². The number of aromatic nitrogens is 2. The average Bonchev–Trinajstić information content (AvgIpc) is 2.69. The quantitative estimate of drug-likeness (QED) is 0.659. The number of benzene rings is 2. The molecule has 0 bridgehead atoms. The number of hydrogen-bond donors (Lipinski definition) is 1.